The fraction of sp³-hybridized carbons (Fsp3) is 0.412. The molecule has 2 bridgehead atoms. The lowest BCUT2D eigenvalue weighted by Crippen LogP contribution is -2.46. The summed E-state index contributed by atoms with van der Waals surface area (Å²) in [6.07, 6.45) is 1.69. The van der Waals surface area contributed by atoms with Gasteiger partial charge in [-0.1, -0.05) is 5.16 Å². The normalized spacial score (nSPS) is 24.0. The first kappa shape index (κ1) is 15.6. The predicted molar refractivity (Wildman–Crippen MR) is 84.0 cm³/mol. The molecule has 3 heterocycles. The number of carbonyl (C=O) groups excluding carboxylic acids is 1. The summed E-state index contributed by atoms with van der Waals surface area (Å²) in [6.45, 7) is 2.02. The average molecular weight is 343 g/mol. The van der Waals surface area contributed by atoms with Crippen LogP contribution < -0.4 is 4.74 Å². The summed E-state index contributed by atoms with van der Waals surface area (Å²) in [5.41, 5.74) is 0.0347. The molecule has 0 unspecified atom stereocenters. The zero-order chi connectivity index (χ0) is 17.6. The summed E-state index contributed by atoms with van der Waals surface area (Å²) in [4.78, 5) is 29.6. The van der Waals surface area contributed by atoms with E-state index in [1.54, 1.807) is 31.2 Å². The highest BCUT2D eigenvalue weighted by Gasteiger charge is 2.62. The Labute approximate surface area is 143 Å². The van der Waals surface area contributed by atoms with E-state index in [0.717, 1.165) is 12.8 Å². The molecule has 2 aromatic rings. The number of amides is 1. The first-order valence-electron chi connectivity index (χ1n) is 8.05. The van der Waals surface area contributed by atoms with Crippen molar-refractivity contribution in [1.82, 2.24) is 15.0 Å². The van der Waals surface area contributed by atoms with Crippen LogP contribution in [0.4, 0.5) is 0 Å². The van der Waals surface area contributed by atoms with Gasteiger partial charge in [0.05, 0.1) is 0 Å². The van der Waals surface area contributed by atoms with Gasteiger partial charge in [-0.25, -0.2) is 4.79 Å². The number of rotatable bonds is 5. The van der Waals surface area contributed by atoms with Crippen molar-refractivity contribution in [3.05, 3.63) is 41.5 Å². The lowest BCUT2D eigenvalue weighted by Gasteiger charge is -2.38. The Kier molecular flexibility index (Phi) is 3.48. The van der Waals surface area contributed by atoms with E-state index in [9.17, 15) is 9.59 Å². The Morgan fingerprint density at radius 2 is 2.08 bits per heavy atom. The third-order valence-electron chi connectivity index (χ3n) is 4.84. The molecule has 2 aliphatic heterocycles. The van der Waals surface area contributed by atoms with Crippen LogP contribution in [0.3, 0.4) is 0 Å². The number of aryl methyl sites for hydroxylation is 1. The molecule has 1 N–H and O–H groups in total. The summed E-state index contributed by atoms with van der Waals surface area (Å²) in [5.74, 6) is 0.802. The number of aliphatic carboxylic acids is 1. The summed E-state index contributed by atoms with van der Waals surface area (Å²) in [6, 6.07) is 6.48. The number of hydrogen-bond donors (Lipinski definition) is 1. The Hall–Kier alpha value is -2.90. The second-order valence-corrected chi connectivity index (χ2v) is 6.58. The number of hydrogen-bond acceptors (Lipinski definition) is 6. The Morgan fingerprint density at radius 3 is 2.68 bits per heavy atom. The zero-order valence-corrected chi connectivity index (χ0v) is 13.6. The molecular weight excluding hydrogens is 326 g/mol. The van der Waals surface area contributed by atoms with Crippen LogP contribution in [-0.2, 0) is 10.3 Å². The highest BCUT2D eigenvalue weighted by atomic mass is 16.5. The van der Waals surface area contributed by atoms with Gasteiger partial charge in [-0.3, -0.25) is 4.79 Å². The Bertz CT molecular complexity index is 823. The largest absolute Gasteiger partial charge is 0.482 e. The molecule has 3 fully saturated rings. The van der Waals surface area contributed by atoms with E-state index >= 15 is 0 Å². The fourth-order valence-electron chi connectivity index (χ4n) is 3.73. The number of fused-ring (bicyclic) bond motifs is 1. The van der Waals surface area contributed by atoms with Gasteiger partial charge < -0.3 is 19.3 Å². The lowest BCUT2D eigenvalue weighted by atomic mass is 9.73. The number of ether oxygens (including phenoxy) is 1. The maximum atomic E-state index is 12.9. The van der Waals surface area contributed by atoms with Crippen molar-refractivity contribution in [3.8, 4) is 5.75 Å². The van der Waals surface area contributed by atoms with Crippen LogP contribution in [0.25, 0.3) is 0 Å². The molecule has 0 radical (unpaired) electrons. The van der Waals surface area contributed by atoms with Crippen molar-refractivity contribution in [2.45, 2.75) is 25.3 Å². The third kappa shape index (κ3) is 2.54. The molecule has 8 heteroatoms. The molecule has 1 aliphatic carbocycles. The molecule has 0 atom stereocenters. The van der Waals surface area contributed by atoms with Crippen molar-refractivity contribution in [1.29, 1.82) is 0 Å². The lowest BCUT2D eigenvalue weighted by molar-refractivity contribution is -0.139. The molecule has 1 aromatic carbocycles. The van der Waals surface area contributed by atoms with E-state index in [2.05, 4.69) is 10.1 Å². The maximum Gasteiger partial charge on any atom is 0.341 e. The highest BCUT2D eigenvalue weighted by molar-refractivity contribution is 5.95. The molecule has 2 saturated heterocycles. The quantitative estimate of drug-likeness (QED) is 0.879. The second-order valence-electron chi connectivity index (χ2n) is 6.58. The summed E-state index contributed by atoms with van der Waals surface area (Å²) >= 11 is 0. The minimum Gasteiger partial charge on any atom is -0.482 e. The van der Waals surface area contributed by atoms with Crippen LogP contribution in [0.15, 0.2) is 28.8 Å². The average Bonchev–Trinajstić information content (AvgIpc) is 3.24. The van der Waals surface area contributed by atoms with Gasteiger partial charge >= 0.3 is 5.97 Å². The van der Waals surface area contributed by atoms with Crippen molar-refractivity contribution >= 4 is 11.9 Å². The fourth-order valence-corrected chi connectivity index (χ4v) is 3.73. The topological polar surface area (TPSA) is 106 Å². The summed E-state index contributed by atoms with van der Waals surface area (Å²) in [7, 11) is 0. The van der Waals surface area contributed by atoms with Crippen LogP contribution in [-0.4, -0.2) is 45.2 Å². The minimum absolute atomic E-state index is 0.0966. The molecule has 1 saturated carbocycles. The van der Waals surface area contributed by atoms with E-state index < -0.39 is 18.1 Å². The van der Waals surface area contributed by atoms with Gasteiger partial charge in [0.2, 0.25) is 0 Å². The summed E-state index contributed by atoms with van der Waals surface area (Å²) < 4.78 is 10.4. The van der Waals surface area contributed by atoms with E-state index in [-0.39, 0.29) is 5.91 Å². The smallest absolute Gasteiger partial charge is 0.341 e. The molecule has 1 amide bonds. The third-order valence-corrected chi connectivity index (χ3v) is 4.84. The molecule has 8 nitrogen and oxygen atoms in total. The van der Waals surface area contributed by atoms with Gasteiger partial charge in [0, 0.05) is 12.1 Å². The molecule has 0 spiro atoms. The van der Waals surface area contributed by atoms with E-state index in [1.165, 1.54) is 0 Å². The van der Waals surface area contributed by atoms with Crippen molar-refractivity contribution in [2.24, 2.45) is 5.92 Å². The van der Waals surface area contributed by atoms with E-state index in [1.807, 2.05) is 4.90 Å². The van der Waals surface area contributed by atoms with Gasteiger partial charge in [-0.05, 0) is 49.9 Å². The molecule has 130 valence electrons. The molecule has 25 heavy (non-hydrogen) atoms. The van der Waals surface area contributed by atoms with Crippen LogP contribution >= 0.6 is 0 Å². The first-order valence-corrected chi connectivity index (χ1v) is 8.05. The predicted octanol–water partition coefficient (Wildman–Crippen LogP) is 1.60. The van der Waals surface area contributed by atoms with Gasteiger partial charge in [-0.2, -0.15) is 4.98 Å². The van der Waals surface area contributed by atoms with Gasteiger partial charge in [-0.15, -0.1) is 0 Å². The van der Waals surface area contributed by atoms with Crippen LogP contribution in [0.1, 0.15) is 34.9 Å². The van der Waals surface area contributed by atoms with Crippen molar-refractivity contribution in [3.63, 3.8) is 0 Å². The van der Waals surface area contributed by atoms with Gasteiger partial charge in [0.15, 0.2) is 12.4 Å². The molecule has 5 rings (SSSR count). The SMILES string of the molecule is Cc1noc(C23CC(CN2C(=O)c2ccc(OCC(=O)O)cc2)C3)n1. The minimum atomic E-state index is -1.05. The molecular formula is C17H17N3O5. The van der Waals surface area contributed by atoms with E-state index in [0.29, 0.717) is 35.5 Å². The summed E-state index contributed by atoms with van der Waals surface area (Å²) in [5, 5.41) is 12.5. The second kappa shape index (κ2) is 5.58. The van der Waals surface area contributed by atoms with Gasteiger partial charge in [0.25, 0.3) is 11.8 Å². The Balaban J connectivity index is 1.53. The number of aromatic nitrogens is 2. The van der Waals surface area contributed by atoms with Crippen LogP contribution in [0.2, 0.25) is 0 Å². The molecule has 3 aliphatic rings. The molecule has 1 aromatic heterocycles. The standard InChI is InChI=1S/C17H17N3O5/c1-10-18-16(25-19-10)17-6-11(7-17)8-20(17)15(23)12-2-4-13(5-3-12)24-9-14(21)22/h2-5,11H,6-9H2,1H3,(H,21,22). The number of carboxylic acid groups (broad SMARTS) is 1. The first-order chi connectivity index (χ1) is 12.0. The highest BCUT2D eigenvalue weighted by Crippen LogP contribution is 2.56. The zero-order valence-electron chi connectivity index (χ0n) is 13.6. The monoisotopic (exact) mass is 343 g/mol. The number of benzene rings is 1. The van der Waals surface area contributed by atoms with Crippen molar-refractivity contribution in [2.75, 3.05) is 13.2 Å². The van der Waals surface area contributed by atoms with Crippen LogP contribution in [0.5, 0.6) is 5.75 Å². The van der Waals surface area contributed by atoms with E-state index in [4.69, 9.17) is 14.4 Å². The Morgan fingerprint density at radius 1 is 1.36 bits per heavy atom. The number of carbonyl (C=O) groups is 2. The number of carboxylic acids is 1. The van der Waals surface area contributed by atoms with Gasteiger partial charge in [0.1, 0.15) is 11.3 Å². The maximum absolute atomic E-state index is 12.9. The number of nitrogens with zero attached hydrogens (tertiary/aromatic N) is 3. The van der Waals surface area contributed by atoms with Crippen LogP contribution in [0, 0.1) is 12.8 Å². The van der Waals surface area contributed by atoms with Crippen molar-refractivity contribution < 1.29 is 24.0 Å².